The van der Waals surface area contributed by atoms with Crippen molar-refractivity contribution in [3.05, 3.63) is 24.9 Å². The van der Waals surface area contributed by atoms with Crippen molar-refractivity contribution in [2.45, 2.75) is 26.2 Å². The molecule has 15 heavy (non-hydrogen) atoms. The summed E-state index contributed by atoms with van der Waals surface area (Å²) in [5.74, 6) is 0.0465. The first-order chi connectivity index (χ1) is 7.13. The quantitative estimate of drug-likeness (QED) is 0.402. The molecule has 1 aliphatic carbocycles. The second kappa shape index (κ2) is 5.39. The van der Waals surface area contributed by atoms with E-state index in [0.717, 1.165) is 5.71 Å². The number of carbonyl (C=O) groups is 2. The minimum atomic E-state index is -0.00628. The van der Waals surface area contributed by atoms with Crippen molar-refractivity contribution in [1.82, 2.24) is 0 Å². The number of hydrogen-bond donors (Lipinski definition) is 0. The highest BCUT2D eigenvalue weighted by Crippen LogP contribution is 2.20. The summed E-state index contributed by atoms with van der Waals surface area (Å²) >= 11 is 0. The average Bonchev–Trinajstić information content (AvgIpc) is 2.16. The molecule has 1 rings (SSSR count). The Kier molecular flexibility index (Phi) is 4.16. The first kappa shape index (κ1) is 11.6. The predicted molar refractivity (Wildman–Crippen MR) is 59.8 cm³/mol. The SMILES string of the molecule is C=C/C=C\N=C(/C)C1CC(=O)CC(=O)C1. The molecular weight excluding hydrogens is 190 g/mol. The summed E-state index contributed by atoms with van der Waals surface area (Å²) in [6, 6.07) is 0. The molecule has 0 bridgehead atoms. The first-order valence-electron chi connectivity index (χ1n) is 4.98. The maximum absolute atomic E-state index is 11.2. The maximum atomic E-state index is 11.2. The van der Waals surface area contributed by atoms with Gasteiger partial charge in [-0.25, -0.2) is 0 Å². The zero-order valence-corrected chi connectivity index (χ0v) is 8.90. The smallest absolute Gasteiger partial charge is 0.140 e. The molecule has 1 aliphatic rings. The van der Waals surface area contributed by atoms with Gasteiger partial charge < -0.3 is 0 Å². The molecule has 0 atom stereocenters. The van der Waals surface area contributed by atoms with Crippen LogP contribution in [0.2, 0.25) is 0 Å². The number of Topliss-reactive ketones (excluding diaryl/α,β-unsaturated/α-hetero) is 2. The van der Waals surface area contributed by atoms with E-state index in [2.05, 4.69) is 11.6 Å². The van der Waals surface area contributed by atoms with E-state index in [0.29, 0.717) is 12.8 Å². The van der Waals surface area contributed by atoms with Crippen LogP contribution in [0.1, 0.15) is 26.2 Å². The summed E-state index contributed by atoms with van der Waals surface area (Å²) in [5.41, 5.74) is 0.842. The van der Waals surface area contributed by atoms with Gasteiger partial charge in [-0.15, -0.1) is 0 Å². The third-order valence-corrected chi connectivity index (χ3v) is 2.43. The monoisotopic (exact) mass is 205 g/mol. The largest absolute Gasteiger partial charge is 0.299 e. The number of nitrogens with zero attached hydrogens (tertiary/aromatic N) is 1. The molecule has 3 heteroatoms. The van der Waals surface area contributed by atoms with Crippen LogP contribution in [0.15, 0.2) is 29.9 Å². The lowest BCUT2D eigenvalue weighted by Crippen LogP contribution is -2.26. The molecule has 3 nitrogen and oxygen atoms in total. The summed E-state index contributed by atoms with van der Waals surface area (Å²) in [5, 5.41) is 0. The van der Waals surface area contributed by atoms with Gasteiger partial charge in [-0.3, -0.25) is 14.6 Å². The molecule has 0 N–H and O–H groups in total. The maximum Gasteiger partial charge on any atom is 0.140 e. The van der Waals surface area contributed by atoms with E-state index in [1.807, 2.05) is 6.92 Å². The van der Waals surface area contributed by atoms with Crippen molar-refractivity contribution in [2.75, 3.05) is 0 Å². The Bertz CT molecular complexity index is 324. The van der Waals surface area contributed by atoms with Crippen LogP contribution in [0.4, 0.5) is 0 Å². The van der Waals surface area contributed by atoms with Crippen LogP contribution in [0, 0.1) is 5.92 Å². The third kappa shape index (κ3) is 3.62. The van der Waals surface area contributed by atoms with Crippen LogP contribution >= 0.6 is 0 Å². The first-order valence-corrected chi connectivity index (χ1v) is 4.98. The van der Waals surface area contributed by atoms with Crippen LogP contribution in [-0.4, -0.2) is 17.3 Å². The summed E-state index contributed by atoms with van der Waals surface area (Å²) in [6.07, 6.45) is 5.98. The molecule has 0 spiro atoms. The molecule has 0 aromatic rings. The topological polar surface area (TPSA) is 46.5 Å². The Hall–Kier alpha value is -1.51. The van der Waals surface area contributed by atoms with Crippen molar-refractivity contribution in [3.63, 3.8) is 0 Å². The Morgan fingerprint density at radius 3 is 2.53 bits per heavy atom. The fourth-order valence-electron chi connectivity index (χ4n) is 1.61. The van der Waals surface area contributed by atoms with E-state index in [1.165, 1.54) is 0 Å². The van der Waals surface area contributed by atoms with Gasteiger partial charge in [0.25, 0.3) is 0 Å². The van der Waals surface area contributed by atoms with Crippen LogP contribution in [0.3, 0.4) is 0 Å². The number of hydrogen-bond acceptors (Lipinski definition) is 3. The Morgan fingerprint density at radius 2 is 2.00 bits per heavy atom. The molecule has 0 radical (unpaired) electrons. The number of aliphatic imine (C=N–C) groups is 1. The number of rotatable bonds is 3. The fraction of sp³-hybridized carbons (Fsp3) is 0.417. The van der Waals surface area contributed by atoms with E-state index in [9.17, 15) is 9.59 Å². The molecule has 0 unspecified atom stereocenters. The Balaban J connectivity index is 2.66. The molecule has 0 aromatic carbocycles. The van der Waals surface area contributed by atoms with Gasteiger partial charge >= 0.3 is 0 Å². The van der Waals surface area contributed by atoms with Gasteiger partial charge in [0, 0.05) is 30.7 Å². The summed E-state index contributed by atoms with van der Waals surface area (Å²) in [6.45, 7) is 5.38. The predicted octanol–water partition coefficient (Wildman–Crippen LogP) is 2.09. The highest BCUT2D eigenvalue weighted by Gasteiger charge is 2.26. The van der Waals surface area contributed by atoms with Gasteiger partial charge in [0.2, 0.25) is 0 Å². The van der Waals surface area contributed by atoms with Gasteiger partial charge in [0.15, 0.2) is 0 Å². The number of allylic oxidation sites excluding steroid dienone is 2. The molecule has 80 valence electrons. The molecule has 0 aromatic heterocycles. The minimum Gasteiger partial charge on any atom is -0.299 e. The molecule has 1 fully saturated rings. The highest BCUT2D eigenvalue weighted by molar-refractivity contribution is 6.05. The van der Waals surface area contributed by atoms with Crippen molar-refractivity contribution in [1.29, 1.82) is 0 Å². The van der Waals surface area contributed by atoms with Crippen LogP contribution < -0.4 is 0 Å². The van der Waals surface area contributed by atoms with Crippen molar-refractivity contribution in [2.24, 2.45) is 10.9 Å². The fourth-order valence-corrected chi connectivity index (χ4v) is 1.61. The van der Waals surface area contributed by atoms with Crippen molar-refractivity contribution in [3.8, 4) is 0 Å². The molecule has 0 heterocycles. The third-order valence-electron chi connectivity index (χ3n) is 2.43. The van der Waals surface area contributed by atoms with Gasteiger partial charge in [-0.2, -0.15) is 0 Å². The Morgan fingerprint density at radius 1 is 1.40 bits per heavy atom. The number of ketones is 2. The van der Waals surface area contributed by atoms with E-state index in [4.69, 9.17) is 0 Å². The number of carbonyl (C=O) groups excluding carboxylic acids is 2. The van der Waals surface area contributed by atoms with E-state index in [1.54, 1.807) is 18.4 Å². The summed E-state index contributed by atoms with van der Waals surface area (Å²) in [4.78, 5) is 26.6. The van der Waals surface area contributed by atoms with Gasteiger partial charge in [0.1, 0.15) is 11.6 Å². The second-order valence-electron chi connectivity index (χ2n) is 3.71. The summed E-state index contributed by atoms with van der Waals surface area (Å²) < 4.78 is 0. The molecule has 0 amide bonds. The van der Waals surface area contributed by atoms with Gasteiger partial charge in [0.05, 0.1) is 6.42 Å². The molecule has 0 saturated heterocycles. The lowest BCUT2D eigenvalue weighted by molar-refractivity contribution is -0.130. The lowest BCUT2D eigenvalue weighted by Gasteiger charge is -2.19. The average molecular weight is 205 g/mol. The highest BCUT2D eigenvalue weighted by atomic mass is 16.1. The normalized spacial score (nSPS) is 19.9. The standard InChI is InChI=1S/C12H15NO2/c1-3-4-5-13-9(2)10-6-11(14)8-12(15)7-10/h3-5,10H,1,6-8H2,2H3/b5-4-,13-9+. The van der Waals surface area contributed by atoms with Gasteiger partial charge in [-0.05, 0) is 13.0 Å². The lowest BCUT2D eigenvalue weighted by atomic mass is 9.84. The molecular formula is C12H15NO2. The van der Waals surface area contributed by atoms with E-state index >= 15 is 0 Å². The van der Waals surface area contributed by atoms with Crippen LogP contribution in [0.5, 0.6) is 0 Å². The van der Waals surface area contributed by atoms with Crippen molar-refractivity contribution >= 4 is 17.3 Å². The van der Waals surface area contributed by atoms with E-state index in [-0.39, 0.29) is 23.9 Å². The van der Waals surface area contributed by atoms with Crippen molar-refractivity contribution < 1.29 is 9.59 Å². The minimum absolute atomic E-state index is 0.00628. The van der Waals surface area contributed by atoms with E-state index < -0.39 is 0 Å². The zero-order valence-electron chi connectivity index (χ0n) is 8.90. The zero-order chi connectivity index (χ0) is 11.3. The van der Waals surface area contributed by atoms with Crippen LogP contribution in [0.25, 0.3) is 0 Å². The van der Waals surface area contributed by atoms with Crippen LogP contribution in [-0.2, 0) is 9.59 Å². The second-order valence-corrected chi connectivity index (χ2v) is 3.71. The summed E-state index contributed by atoms with van der Waals surface area (Å²) in [7, 11) is 0. The Labute approximate surface area is 89.6 Å². The molecule has 1 saturated carbocycles. The van der Waals surface area contributed by atoms with Gasteiger partial charge in [-0.1, -0.05) is 12.7 Å². The molecule has 0 aliphatic heterocycles.